The van der Waals surface area contributed by atoms with Crippen molar-refractivity contribution >= 4 is 0 Å². The maximum atomic E-state index is 5.52. The van der Waals surface area contributed by atoms with Gasteiger partial charge in [0.25, 0.3) is 0 Å². The first kappa shape index (κ1) is 10.2. The third-order valence-electron chi connectivity index (χ3n) is 3.51. The molecule has 0 unspecified atom stereocenters. The number of hydrogen-bond acceptors (Lipinski definition) is 2. The van der Waals surface area contributed by atoms with Crippen LogP contribution in [0, 0.1) is 6.42 Å². The lowest BCUT2D eigenvalue weighted by Crippen LogP contribution is -2.21. The van der Waals surface area contributed by atoms with Crippen LogP contribution in [0.3, 0.4) is 0 Å². The molecule has 16 heavy (non-hydrogen) atoms. The topological polar surface area (TPSA) is 12.5 Å². The summed E-state index contributed by atoms with van der Waals surface area (Å²) in [4.78, 5) is 2.52. The smallest absolute Gasteiger partial charge is 0.122 e. The fourth-order valence-electron chi connectivity index (χ4n) is 2.52. The molecule has 2 aliphatic heterocycles. The quantitative estimate of drug-likeness (QED) is 0.767. The molecule has 0 N–H and O–H groups in total. The summed E-state index contributed by atoms with van der Waals surface area (Å²) < 4.78 is 5.52. The molecule has 2 aliphatic rings. The molecule has 1 aromatic carbocycles. The number of hydrogen-bond donors (Lipinski definition) is 0. The molecule has 3 rings (SSSR count). The highest BCUT2D eigenvalue weighted by Crippen LogP contribution is 2.26. The van der Waals surface area contributed by atoms with Crippen molar-refractivity contribution in [1.29, 1.82) is 0 Å². The molecule has 2 heterocycles. The third-order valence-corrected chi connectivity index (χ3v) is 3.51. The van der Waals surface area contributed by atoms with Crippen LogP contribution in [0.2, 0.25) is 0 Å². The summed E-state index contributed by atoms with van der Waals surface area (Å²) in [5, 5.41) is 0. The van der Waals surface area contributed by atoms with Gasteiger partial charge in [0.15, 0.2) is 0 Å². The second kappa shape index (κ2) is 4.46. The lowest BCUT2D eigenvalue weighted by molar-refractivity contribution is 0.348. The normalized spacial score (nSPS) is 19.8. The van der Waals surface area contributed by atoms with Crippen LogP contribution < -0.4 is 4.74 Å². The first-order chi connectivity index (χ1) is 7.92. The van der Waals surface area contributed by atoms with Crippen molar-refractivity contribution < 1.29 is 4.74 Å². The number of rotatable bonds is 3. The maximum absolute atomic E-state index is 5.52. The lowest BCUT2D eigenvalue weighted by atomic mass is 10.1. The summed E-state index contributed by atoms with van der Waals surface area (Å²) in [6.07, 6.45) is 5.89. The second-order valence-electron chi connectivity index (χ2n) is 4.67. The van der Waals surface area contributed by atoms with Gasteiger partial charge in [-0.15, -0.1) is 0 Å². The Labute approximate surface area is 97.2 Å². The first-order valence-electron chi connectivity index (χ1n) is 6.20. The largest absolute Gasteiger partial charge is 0.493 e. The Kier molecular flexibility index (Phi) is 2.83. The van der Waals surface area contributed by atoms with E-state index in [1.165, 1.54) is 43.6 Å². The van der Waals surface area contributed by atoms with Gasteiger partial charge < -0.3 is 9.64 Å². The van der Waals surface area contributed by atoms with Crippen LogP contribution >= 0.6 is 0 Å². The van der Waals surface area contributed by atoms with Crippen LogP contribution in [0.1, 0.15) is 17.5 Å². The van der Waals surface area contributed by atoms with Gasteiger partial charge in [-0.25, -0.2) is 0 Å². The summed E-state index contributed by atoms with van der Waals surface area (Å²) in [6, 6.07) is 6.67. The minimum atomic E-state index is 0.861. The van der Waals surface area contributed by atoms with Crippen LogP contribution in [0.15, 0.2) is 18.2 Å². The molecule has 2 heteroatoms. The van der Waals surface area contributed by atoms with Crippen LogP contribution in [0.25, 0.3) is 0 Å². The zero-order valence-corrected chi connectivity index (χ0v) is 9.61. The standard InChI is InChI=1S/C14H18NO/c1-2-8-15(7-1)9-5-12-3-4-14-13(11-12)6-10-16-14/h1,3-4,11H,2,5-10H2. The van der Waals surface area contributed by atoms with E-state index in [0.717, 1.165) is 18.8 Å². The van der Waals surface area contributed by atoms with Gasteiger partial charge >= 0.3 is 0 Å². The molecular weight excluding hydrogens is 198 g/mol. The van der Waals surface area contributed by atoms with Gasteiger partial charge in [0.05, 0.1) is 6.61 Å². The van der Waals surface area contributed by atoms with Crippen LogP contribution in [0.5, 0.6) is 5.75 Å². The number of ether oxygens (including phenoxy) is 1. The van der Waals surface area contributed by atoms with Gasteiger partial charge in [0, 0.05) is 19.5 Å². The molecule has 1 aromatic rings. The van der Waals surface area contributed by atoms with Crippen molar-refractivity contribution in [3.63, 3.8) is 0 Å². The fraction of sp³-hybridized carbons (Fsp3) is 0.500. The van der Waals surface area contributed by atoms with Gasteiger partial charge in [-0.3, -0.25) is 0 Å². The Balaban J connectivity index is 1.61. The number of benzene rings is 1. The minimum absolute atomic E-state index is 0.861. The minimum Gasteiger partial charge on any atom is -0.493 e. The van der Waals surface area contributed by atoms with E-state index in [4.69, 9.17) is 4.74 Å². The molecule has 0 bridgehead atoms. The molecule has 1 fully saturated rings. The summed E-state index contributed by atoms with van der Waals surface area (Å²) in [5.74, 6) is 1.10. The third kappa shape index (κ3) is 2.07. The van der Waals surface area contributed by atoms with Crippen molar-refractivity contribution in [2.24, 2.45) is 0 Å². The van der Waals surface area contributed by atoms with E-state index in [0.29, 0.717) is 0 Å². The SMILES string of the molecule is [CH]1CCN(CCc2ccc3c(c2)CCO3)C1. The first-order valence-corrected chi connectivity index (χ1v) is 6.20. The fourth-order valence-corrected chi connectivity index (χ4v) is 2.52. The molecule has 0 atom stereocenters. The van der Waals surface area contributed by atoms with E-state index in [1.54, 1.807) is 0 Å². The molecule has 0 amide bonds. The van der Waals surface area contributed by atoms with Crippen LogP contribution in [-0.4, -0.2) is 31.1 Å². The van der Waals surface area contributed by atoms with Crippen molar-refractivity contribution in [3.8, 4) is 5.75 Å². The molecule has 0 aliphatic carbocycles. The lowest BCUT2D eigenvalue weighted by Gasteiger charge is -2.14. The van der Waals surface area contributed by atoms with E-state index in [-0.39, 0.29) is 0 Å². The van der Waals surface area contributed by atoms with Crippen molar-refractivity contribution in [1.82, 2.24) is 4.90 Å². The van der Waals surface area contributed by atoms with Gasteiger partial charge in [-0.2, -0.15) is 0 Å². The van der Waals surface area contributed by atoms with Gasteiger partial charge in [-0.1, -0.05) is 12.1 Å². The molecule has 0 aromatic heterocycles. The van der Waals surface area contributed by atoms with E-state index in [1.807, 2.05) is 0 Å². The van der Waals surface area contributed by atoms with Crippen molar-refractivity contribution in [3.05, 3.63) is 35.7 Å². The monoisotopic (exact) mass is 216 g/mol. The van der Waals surface area contributed by atoms with E-state index < -0.39 is 0 Å². The number of fused-ring (bicyclic) bond motifs is 1. The highest BCUT2D eigenvalue weighted by molar-refractivity contribution is 5.39. The average Bonchev–Trinajstić information content (AvgIpc) is 2.97. The summed E-state index contributed by atoms with van der Waals surface area (Å²) in [7, 11) is 0. The van der Waals surface area contributed by atoms with Gasteiger partial charge in [-0.05, 0) is 43.0 Å². The Morgan fingerprint density at radius 2 is 2.31 bits per heavy atom. The maximum Gasteiger partial charge on any atom is 0.122 e. The molecule has 0 saturated carbocycles. The Hall–Kier alpha value is -1.02. The highest BCUT2D eigenvalue weighted by atomic mass is 16.5. The summed E-state index contributed by atoms with van der Waals surface area (Å²) in [6.45, 7) is 4.47. The van der Waals surface area contributed by atoms with E-state index >= 15 is 0 Å². The zero-order valence-electron chi connectivity index (χ0n) is 9.61. The Morgan fingerprint density at radius 1 is 1.31 bits per heavy atom. The average molecular weight is 216 g/mol. The predicted molar refractivity (Wildman–Crippen MR) is 64.7 cm³/mol. The van der Waals surface area contributed by atoms with E-state index in [9.17, 15) is 0 Å². The van der Waals surface area contributed by atoms with Crippen molar-refractivity contribution in [2.75, 3.05) is 26.2 Å². The van der Waals surface area contributed by atoms with Gasteiger partial charge in [0.1, 0.15) is 5.75 Å². The zero-order chi connectivity index (χ0) is 10.8. The van der Waals surface area contributed by atoms with Crippen LogP contribution in [-0.2, 0) is 12.8 Å². The van der Waals surface area contributed by atoms with Crippen LogP contribution in [0.4, 0.5) is 0 Å². The summed E-state index contributed by atoms with van der Waals surface area (Å²) in [5.41, 5.74) is 2.85. The molecule has 2 nitrogen and oxygen atoms in total. The molecule has 1 saturated heterocycles. The predicted octanol–water partition coefficient (Wildman–Crippen LogP) is 2.07. The Bertz CT molecular complexity index is 369. The van der Waals surface area contributed by atoms with Gasteiger partial charge in [0.2, 0.25) is 0 Å². The summed E-state index contributed by atoms with van der Waals surface area (Å²) >= 11 is 0. The second-order valence-corrected chi connectivity index (χ2v) is 4.67. The van der Waals surface area contributed by atoms with Crippen molar-refractivity contribution in [2.45, 2.75) is 19.3 Å². The molecule has 0 spiro atoms. The molecular formula is C14H18NO. The molecule has 1 radical (unpaired) electrons. The van der Waals surface area contributed by atoms with E-state index in [2.05, 4.69) is 29.5 Å². The Morgan fingerprint density at radius 3 is 3.19 bits per heavy atom. The number of nitrogens with zero attached hydrogens (tertiary/aromatic N) is 1. The highest BCUT2D eigenvalue weighted by Gasteiger charge is 2.14. The number of likely N-dealkylation sites (tertiary alicyclic amines) is 1. The molecule has 85 valence electrons.